The van der Waals surface area contributed by atoms with E-state index >= 15 is 0 Å². The van der Waals surface area contributed by atoms with E-state index in [1.54, 1.807) is 12.1 Å². The van der Waals surface area contributed by atoms with E-state index in [9.17, 15) is 4.79 Å². The minimum Gasteiger partial charge on any atom is -0.493 e. The monoisotopic (exact) mass is 385 g/mol. The van der Waals surface area contributed by atoms with Gasteiger partial charge in [-0.05, 0) is 76.2 Å². The van der Waals surface area contributed by atoms with Gasteiger partial charge in [0.1, 0.15) is 0 Å². The molecule has 0 bridgehead atoms. The van der Waals surface area contributed by atoms with Gasteiger partial charge in [0.15, 0.2) is 11.5 Å². The molecule has 0 radical (unpaired) electrons. The Morgan fingerprint density at radius 2 is 1.96 bits per heavy atom. The number of nitrogens with zero attached hydrogens (tertiary/aromatic N) is 3. The van der Waals surface area contributed by atoms with Crippen LogP contribution in [-0.4, -0.2) is 61.4 Å². The summed E-state index contributed by atoms with van der Waals surface area (Å²) in [4.78, 5) is 14.9. The molecule has 1 aromatic carbocycles. The summed E-state index contributed by atoms with van der Waals surface area (Å²) in [6.07, 6.45) is 7.61. The number of carbonyl (C=O) groups is 1. The van der Waals surface area contributed by atoms with Crippen LogP contribution in [0.1, 0.15) is 50.5 Å². The molecule has 6 heteroatoms. The van der Waals surface area contributed by atoms with Crippen LogP contribution < -0.4 is 9.47 Å². The van der Waals surface area contributed by atoms with Crippen molar-refractivity contribution < 1.29 is 14.3 Å². The second-order valence-corrected chi connectivity index (χ2v) is 8.36. The third-order valence-corrected chi connectivity index (χ3v) is 6.09. The quantitative estimate of drug-likeness (QED) is 0.754. The van der Waals surface area contributed by atoms with Crippen LogP contribution in [0.5, 0.6) is 11.5 Å². The average Bonchev–Trinajstić information content (AvgIpc) is 3.32. The molecule has 152 valence electrons. The van der Waals surface area contributed by atoms with E-state index in [-0.39, 0.29) is 12.0 Å². The van der Waals surface area contributed by atoms with Crippen molar-refractivity contribution >= 4 is 11.6 Å². The number of piperidine rings is 1. The molecule has 1 atom stereocenters. The average molecular weight is 386 g/mol. The first-order valence-electron chi connectivity index (χ1n) is 10.5. The first kappa shape index (κ1) is 19.2. The molecule has 2 aliphatic heterocycles. The topological polar surface area (TPSA) is 54.4 Å². The van der Waals surface area contributed by atoms with Gasteiger partial charge in [-0.15, -0.1) is 0 Å². The molecule has 3 aliphatic rings. The van der Waals surface area contributed by atoms with Crippen molar-refractivity contribution in [2.45, 2.75) is 51.0 Å². The summed E-state index contributed by atoms with van der Waals surface area (Å²) in [6.45, 7) is 2.90. The fourth-order valence-electron chi connectivity index (χ4n) is 4.57. The maximum Gasteiger partial charge on any atom is 0.248 e. The van der Waals surface area contributed by atoms with E-state index in [4.69, 9.17) is 9.47 Å². The van der Waals surface area contributed by atoms with Crippen LogP contribution in [0.2, 0.25) is 0 Å². The molecular formula is C22H31N3O3. The number of benzene rings is 1. The molecule has 4 rings (SSSR count). The highest BCUT2D eigenvalue weighted by molar-refractivity contribution is 6.13. The molecule has 0 spiro atoms. The van der Waals surface area contributed by atoms with Crippen LogP contribution in [0.25, 0.3) is 0 Å². The van der Waals surface area contributed by atoms with Gasteiger partial charge in [0.25, 0.3) is 0 Å². The van der Waals surface area contributed by atoms with Gasteiger partial charge in [0.2, 0.25) is 5.91 Å². The smallest absolute Gasteiger partial charge is 0.248 e. The van der Waals surface area contributed by atoms with Crippen molar-refractivity contribution in [3.05, 3.63) is 23.8 Å². The number of amides is 1. The zero-order valence-electron chi connectivity index (χ0n) is 17.0. The fraction of sp³-hybridized carbons (Fsp3) is 0.636. The van der Waals surface area contributed by atoms with E-state index < -0.39 is 0 Å². The predicted octanol–water partition coefficient (Wildman–Crippen LogP) is 3.29. The molecule has 1 saturated heterocycles. The Labute approximate surface area is 167 Å². The maximum absolute atomic E-state index is 12.5. The lowest BCUT2D eigenvalue weighted by atomic mass is 9.98. The molecule has 1 unspecified atom stereocenters. The van der Waals surface area contributed by atoms with Crippen LogP contribution >= 0.6 is 0 Å². The minimum absolute atomic E-state index is 0.0947. The normalized spacial score (nSPS) is 23.9. The number of hydrogen-bond acceptors (Lipinski definition) is 5. The Morgan fingerprint density at radius 3 is 2.71 bits per heavy atom. The maximum atomic E-state index is 12.5. The molecule has 6 nitrogen and oxygen atoms in total. The van der Waals surface area contributed by atoms with Crippen molar-refractivity contribution in [1.29, 1.82) is 0 Å². The summed E-state index contributed by atoms with van der Waals surface area (Å²) >= 11 is 0. The van der Waals surface area contributed by atoms with E-state index in [1.807, 2.05) is 18.2 Å². The number of hydrogen-bond donors (Lipinski definition) is 0. The largest absolute Gasteiger partial charge is 0.493 e. The summed E-state index contributed by atoms with van der Waals surface area (Å²) in [6, 6.07) is 5.89. The van der Waals surface area contributed by atoms with Crippen molar-refractivity contribution in [2.24, 2.45) is 11.0 Å². The highest BCUT2D eigenvalue weighted by Gasteiger charge is 2.29. The minimum atomic E-state index is 0.0947. The fourth-order valence-corrected chi connectivity index (χ4v) is 4.57. The third kappa shape index (κ3) is 4.32. The Morgan fingerprint density at radius 1 is 1.14 bits per heavy atom. The molecule has 1 aromatic rings. The van der Waals surface area contributed by atoms with Crippen LogP contribution in [0, 0.1) is 5.92 Å². The Bertz CT molecular complexity index is 743. The summed E-state index contributed by atoms with van der Waals surface area (Å²) in [5.41, 5.74) is 1.78. The van der Waals surface area contributed by atoms with E-state index in [0.717, 1.165) is 48.7 Å². The van der Waals surface area contributed by atoms with Crippen LogP contribution in [0.15, 0.2) is 23.3 Å². The van der Waals surface area contributed by atoms with Gasteiger partial charge < -0.3 is 14.4 Å². The molecular weight excluding hydrogens is 354 g/mol. The lowest BCUT2D eigenvalue weighted by Crippen LogP contribution is -2.38. The molecule has 1 saturated carbocycles. The van der Waals surface area contributed by atoms with Crippen LogP contribution in [-0.2, 0) is 4.79 Å². The molecule has 1 aliphatic carbocycles. The summed E-state index contributed by atoms with van der Waals surface area (Å²) < 4.78 is 11.7. The van der Waals surface area contributed by atoms with Crippen LogP contribution in [0.4, 0.5) is 0 Å². The summed E-state index contributed by atoms with van der Waals surface area (Å²) in [5, 5.41) is 6.35. The second-order valence-electron chi connectivity index (χ2n) is 8.36. The van der Waals surface area contributed by atoms with Crippen molar-refractivity contribution in [2.75, 3.05) is 33.8 Å². The van der Waals surface area contributed by atoms with Crippen molar-refractivity contribution in [3.8, 4) is 11.5 Å². The number of carbonyl (C=O) groups excluding carboxylic acids is 1. The van der Waals surface area contributed by atoms with E-state index in [0.29, 0.717) is 18.9 Å². The number of ether oxygens (including phenoxy) is 2. The number of rotatable bonds is 6. The van der Waals surface area contributed by atoms with Crippen LogP contribution in [0.3, 0.4) is 0 Å². The second kappa shape index (κ2) is 8.52. The standard InChI is InChI=1S/C22H31N3O3/c1-24-11-5-6-16(14-24)15-25-22(26)13-19(23-25)17-9-10-20(27-2)21(12-17)28-18-7-3-4-8-18/h9-10,12,16,18H,3-8,11,13-15H2,1-2H3. The van der Waals surface area contributed by atoms with E-state index in [1.165, 1.54) is 25.7 Å². The lowest BCUT2D eigenvalue weighted by Gasteiger charge is -2.31. The number of hydrazone groups is 1. The molecule has 0 N–H and O–H groups in total. The van der Waals surface area contributed by atoms with Gasteiger partial charge in [-0.1, -0.05) is 0 Å². The van der Waals surface area contributed by atoms with Gasteiger partial charge in [-0.2, -0.15) is 5.10 Å². The van der Waals surface area contributed by atoms with Gasteiger partial charge in [-0.3, -0.25) is 4.79 Å². The highest BCUT2D eigenvalue weighted by atomic mass is 16.5. The molecule has 2 heterocycles. The van der Waals surface area contributed by atoms with Crippen molar-refractivity contribution in [3.63, 3.8) is 0 Å². The number of methoxy groups -OCH3 is 1. The molecule has 2 fully saturated rings. The van der Waals surface area contributed by atoms with Gasteiger partial charge >= 0.3 is 0 Å². The van der Waals surface area contributed by atoms with Gasteiger partial charge in [-0.25, -0.2) is 5.01 Å². The Hall–Kier alpha value is -2.08. The third-order valence-electron chi connectivity index (χ3n) is 6.09. The van der Waals surface area contributed by atoms with Gasteiger partial charge in [0, 0.05) is 18.7 Å². The lowest BCUT2D eigenvalue weighted by molar-refractivity contribution is -0.129. The van der Waals surface area contributed by atoms with E-state index in [2.05, 4.69) is 17.0 Å². The Balaban J connectivity index is 1.48. The van der Waals surface area contributed by atoms with Crippen molar-refractivity contribution in [1.82, 2.24) is 9.91 Å². The zero-order valence-corrected chi connectivity index (χ0v) is 17.0. The molecule has 1 amide bonds. The molecule has 28 heavy (non-hydrogen) atoms. The zero-order chi connectivity index (χ0) is 19.5. The predicted molar refractivity (Wildman–Crippen MR) is 109 cm³/mol. The van der Waals surface area contributed by atoms with Gasteiger partial charge in [0.05, 0.1) is 25.3 Å². The first-order valence-corrected chi connectivity index (χ1v) is 10.5. The first-order chi connectivity index (χ1) is 13.6. The SMILES string of the molecule is COc1ccc(C2=NN(CC3CCCN(C)C3)C(=O)C2)cc1OC1CCCC1. The highest BCUT2D eigenvalue weighted by Crippen LogP contribution is 2.33. The Kier molecular flexibility index (Phi) is 5.85. The number of likely N-dealkylation sites (tertiary alicyclic amines) is 1. The molecule has 0 aromatic heterocycles. The summed E-state index contributed by atoms with van der Waals surface area (Å²) in [7, 11) is 3.81. The summed E-state index contributed by atoms with van der Waals surface area (Å²) in [5.74, 6) is 2.09.